The van der Waals surface area contributed by atoms with E-state index in [0.29, 0.717) is 0 Å². The first-order valence-corrected chi connectivity index (χ1v) is 14.1. The molecule has 1 atom stereocenters. The zero-order valence-corrected chi connectivity index (χ0v) is 22.4. The quantitative estimate of drug-likeness (QED) is 0.0779. The minimum absolute atomic E-state index is 0.230. The third kappa shape index (κ3) is 24.0. The Morgan fingerprint density at radius 3 is 1.06 bits per heavy atom. The van der Waals surface area contributed by atoms with Gasteiger partial charge in [0.25, 0.3) is 0 Å². The topological polar surface area (TPSA) is 60.4 Å². The van der Waals surface area contributed by atoms with Crippen molar-refractivity contribution >= 4 is 6.47 Å². The standard InChI is InChI=1S/C27H58NO.CH2O2/c1-5-7-9-11-13-15-17-19-21-23-25-28(4,27(3)29)26-24-22-20-18-16-14-12-10-8-6-2;2-1-3/h27,29H,5-26H2,1-4H3;1H,(H,2,3)/q+1;/p-1. The van der Waals surface area contributed by atoms with E-state index in [1.54, 1.807) is 0 Å². The summed E-state index contributed by atoms with van der Waals surface area (Å²) in [7, 11) is 2.27. The van der Waals surface area contributed by atoms with E-state index in [9.17, 15) is 5.11 Å². The fraction of sp³-hybridized carbons (Fsp3) is 0.964. The first kappa shape index (κ1) is 33.6. The van der Waals surface area contributed by atoms with Gasteiger partial charge in [-0.25, -0.2) is 0 Å². The molecule has 0 saturated heterocycles. The molecule has 32 heavy (non-hydrogen) atoms. The Balaban J connectivity index is 0. The normalized spacial score (nSPS) is 12.3. The van der Waals surface area contributed by atoms with Crippen LogP contribution in [0.3, 0.4) is 0 Å². The Kier molecular flexibility index (Phi) is 27.9. The highest BCUT2D eigenvalue weighted by Crippen LogP contribution is 2.17. The van der Waals surface area contributed by atoms with E-state index >= 15 is 0 Å². The number of hydrogen-bond acceptors (Lipinski definition) is 3. The van der Waals surface area contributed by atoms with Crippen LogP contribution < -0.4 is 5.11 Å². The number of aliphatic hydroxyl groups is 1. The molecule has 0 rings (SSSR count). The van der Waals surface area contributed by atoms with Crippen molar-refractivity contribution in [3.05, 3.63) is 0 Å². The highest BCUT2D eigenvalue weighted by Gasteiger charge is 2.26. The summed E-state index contributed by atoms with van der Waals surface area (Å²) in [4.78, 5) is 8.25. The Morgan fingerprint density at radius 1 is 0.625 bits per heavy atom. The summed E-state index contributed by atoms with van der Waals surface area (Å²) in [5.74, 6) is 0. The van der Waals surface area contributed by atoms with E-state index in [1.807, 2.05) is 6.92 Å². The van der Waals surface area contributed by atoms with E-state index in [-0.39, 0.29) is 6.23 Å². The Morgan fingerprint density at radius 2 is 0.844 bits per heavy atom. The van der Waals surface area contributed by atoms with Crippen molar-refractivity contribution in [2.75, 3.05) is 20.1 Å². The molecular formula is C28H59NO3. The van der Waals surface area contributed by atoms with Gasteiger partial charge < -0.3 is 19.5 Å². The number of carbonyl (C=O) groups is 1. The third-order valence-corrected chi connectivity index (χ3v) is 6.95. The number of quaternary nitrogens is 1. The lowest BCUT2D eigenvalue weighted by Crippen LogP contribution is -2.52. The van der Waals surface area contributed by atoms with Gasteiger partial charge in [-0.05, 0) is 25.7 Å². The van der Waals surface area contributed by atoms with Gasteiger partial charge in [-0.15, -0.1) is 0 Å². The van der Waals surface area contributed by atoms with E-state index in [0.717, 1.165) is 17.6 Å². The molecule has 0 spiro atoms. The summed E-state index contributed by atoms with van der Waals surface area (Å²) in [5, 5.41) is 18.6. The first-order chi connectivity index (χ1) is 15.5. The lowest BCUT2D eigenvalue weighted by Gasteiger charge is -2.37. The van der Waals surface area contributed by atoms with Crippen molar-refractivity contribution in [2.24, 2.45) is 0 Å². The minimum Gasteiger partial charge on any atom is -0.554 e. The third-order valence-electron chi connectivity index (χ3n) is 6.95. The van der Waals surface area contributed by atoms with Gasteiger partial charge >= 0.3 is 0 Å². The molecule has 0 fully saturated rings. The number of unbranched alkanes of at least 4 members (excludes halogenated alkanes) is 18. The van der Waals surface area contributed by atoms with Crippen molar-refractivity contribution in [3.63, 3.8) is 0 Å². The van der Waals surface area contributed by atoms with Crippen LogP contribution in [0.1, 0.15) is 149 Å². The predicted octanol–water partition coefficient (Wildman–Crippen LogP) is 6.98. The highest BCUT2D eigenvalue weighted by atomic mass is 16.3. The summed E-state index contributed by atoms with van der Waals surface area (Å²) in [6.07, 6.45) is 27.5. The van der Waals surface area contributed by atoms with E-state index in [1.165, 1.54) is 128 Å². The fourth-order valence-electron chi connectivity index (χ4n) is 4.41. The summed E-state index contributed by atoms with van der Waals surface area (Å²) < 4.78 is 0.855. The lowest BCUT2D eigenvalue weighted by molar-refractivity contribution is -0.952. The van der Waals surface area contributed by atoms with Crippen molar-refractivity contribution in [3.8, 4) is 0 Å². The average molecular weight is 458 g/mol. The van der Waals surface area contributed by atoms with E-state index < -0.39 is 6.47 Å². The van der Waals surface area contributed by atoms with Crippen LogP contribution >= 0.6 is 0 Å². The zero-order valence-electron chi connectivity index (χ0n) is 22.4. The van der Waals surface area contributed by atoms with Gasteiger partial charge in [0.1, 0.15) is 0 Å². The molecule has 4 nitrogen and oxygen atoms in total. The Labute approximate surface area is 201 Å². The fourth-order valence-corrected chi connectivity index (χ4v) is 4.41. The second-order valence-electron chi connectivity index (χ2n) is 10.0. The molecule has 0 saturated carbocycles. The number of hydrogen-bond donors (Lipinski definition) is 1. The second kappa shape index (κ2) is 26.6. The summed E-state index contributed by atoms with van der Waals surface area (Å²) in [6, 6.07) is 0. The molecule has 194 valence electrons. The maximum absolute atomic E-state index is 10.3. The largest absolute Gasteiger partial charge is 0.554 e. The molecule has 0 aromatic heterocycles. The molecule has 1 unspecified atom stereocenters. The van der Waals surface area contributed by atoms with Crippen molar-refractivity contribution in [1.82, 2.24) is 0 Å². The SMILES string of the molecule is CCCCCCCCCCCC[N+](C)(CCCCCCCCCCCC)C(C)O.O=C[O-]. The number of carbonyl (C=O) groups excluding carboxylic acids is 1. The minimum atomic E-state index is -0.500. The lowest BCUT2D eigenvalue weighted by atomic mass is 10.1. The van der Waals surface area contributed by atoms with Gasteiger partial charge in [0.2, 0.25) is 0 Å². The molecule has 0 aliphatic carbocycles. The molecule has 0 heterocycles. The summed E-state index contributed by atoms with van der Waals surface area (Å²) in [5.41, 5.74) is 0. The van der Waals surface area contributed by atoms with Crippen molar-refractivity contribution < 1.29 is 19.5 Å². The molecule has 0 aromatic rings. The maximum atomic E-state index is 10.3. The Hall–Kier alpha value is -0.610. The number of rotatable bonds is 23. The Bertz CT molecular complexity index is 337. The first-order valence-electron chi connectivity index (χ1n) is 14.1. The smallest absolute Gasteiger partial charge is 0.187 e. The number of carboxylic acid groups (broad SMARTS) is 1. The van der Waals surface area contributed by atoms with Crippen LogP contribution in [-0.2, 0) is 4.79 Å². The van der Waals surface area contributed by atoms with Gasteiger partial charge in [-0.2, -0.15) is 0 Å². The molecule has 1 N–H and O–H groups in total. The van der Waals surface area contributed by atoms with Crippen LogP contribution in [0.25, 0.3) is 0 Å². The molecule has 0 aliphatic rings. The van der Waals surface area contributed by atoms with Gasteiger partial charge in [0.15, 0.2) is 6.23 Å². The van der Waals surface area contributed by atoms with Gasteiger partial charge in [0.05, 0.1) is 20.1 Å². The van der Waals surface area contributed by atoms with Crippen LogP contribution in [0.5, 0.6) is 0 Å². The number of nitrogens with zero attached hydrogens (tertiary/aromatic N) is 1. The van der Waals surface area contributed by atoms with Crippen LogP contribution in [0.4, 0.5) is 0 Å². The van der Waals surface area contributed by atoms with Crippen LogP contribution in [-0.4, -0.2) is 42.4 Å². The van der Waals surface area contributed by atoms with Crippen LogP contribution in [0, 0.1) is 0 Å². The molecular weight excluding hydrogens is 398 g/mol. The zero-order chi connectivity index (χ0) is 24.3. The van der Waals surface area contributed by atoms with E-state index in [4.69, 9.17) is 9.90 Å². The second-order valence-corrected chi connectivity index (χ2v) is 10.0. The van der Waals surface area contributed by atoms with E-state index in [2.05, 4.69) is 20.9 Å². The van der Waals surface area contributed by atoms with Crippen LogP contribution in [0.2, 0.25) is 0 Å². The molecule has 0 amide bonds. The summed E-state index contributed by atoms with van der Waals surface area (Å²) >= 11 is 0. The van der Waals surface area contributed by atoms with Crippen molar-refractivity contribution in [2.45, 2.75) is 155 Å². The highest BCUT2D eigenvalue weighted by molar-refractivity contribution is 5.29. The summed E-state index contributed by atoms with van der Waals surface area (Å²) in [6.45, 7) is 8.36. The van der Waals surface area contributed by atoms with Gasteiger partial charge in [-0.1, -0.05) is 117 Å². The van der Waals surface area contributed by atoms with Gasteiger partial charge in [0, 0.05) is 13.4 Å². The predicted molar refractivity (Wildman–Crippen MR) is 137 cm³/mol. The monoisotopic (exact) mass is 457 g/mol. The van der Waals surface area contributed by atoms with Gasteiger partial charge in [-0.3, -0.25) is 0 Å². The molecule has 0 radical (unpaired) electrons. The molecule has 0 aromatic carbocycles. The molecule has 0 bridgehead atoms. The molecule has 0 aliphatic heterocycles. The maximum Gasteiger partial charge on any atom is 0.187 e. The van der Waals surface area contributed by atoms with Crippen LogP contribution in [0.15, 0.2) is 0 Å². The number of aliphatic hydroxyl groups excluding tert-OH is 1. The average Bonchev–Trinajstić information content (AvgIpc) is 2.77. The molecule has 4 heteroatoms. The van der Waals surface area contributed by atoms with Crippen molar-refractivity contribution in [1.29, 1.82) is 0 Å².